The summed E-state index contributed by atoms with van der Waals surface area (Å²) in [5, 5.41) is 3.14. The Labute approximate surface area is 111 Å². The van der Waals surface area contributed by atoms with Gasteiger partial charge in [0.15, 0.2) is 11.5 Å². The summed E-state index contributed by atoms with van der Waals surface area (Å²) in [6.07, 6.45) is 3.64. The molecule has 96 valence electrons. The van der Waals surface area contributed by atoms with Gasteiger partial charge in [-0.25, -0.2) is 4.98 Å². The fraction of sp³-hybridized carbons (Fsp3) is 0.133. The molecule has 0 saturated carbocycles. The van der Waals surface area contributed by atoms with E-state index in [2.05, 4.69) is 16.9 Å². The van der Waals surface area contributed by atoms with Gasteiger partial charge in [-0.2, -0.15) is 0 Å². The molecule has 1 aliphatic rings. The molecule has 1 aromatic heterocycles. The number of hydrogen-bond acceptors (Lipinski definition) is 4. The standard InChI is InChI=1S/C15H14N2O2/c1-2-7-16-15-6-4-12(9-17-15)11-3-5-13-14(8-11)19-10-18-13/h2-6,8-9H,1,7,10H2,(H,16,17). The number of rotatable bonds is 4. The summed E-state index contributed by atoms with van der Waals surface area (Å²) in [5.41, 5.74) is 2.11. The SMILES string of the molecule is C=CCNc1ccc(-c2ccc3c(c2)OCO3)cn1. The van der Waals surface area contributed by atoms with Crippen LogP contribution in [0.3, 0.4) is 0 Å². The topological polar surface area (TPSA) is 43.4 Å². The van der Waals surface area contributed by atoms with Crippen LogP contribution in [0.15, 0.2) is 49.2 Å². The van der Waals surface area contributed by atoms with E-state index < -0.39 is 0 Å². The Morgan fingerprint density at radius 1 is 1.16 bits per heavy atom. The highest BCUT2D eigenvalue weighted by Gasteiger charge is 2.13. The van der Waals surface area contributed by atoms with Gasteiger partial charge in [0, 0.05) is 18.3 Å². The first-order chi connectivity index (χ1) is 9.36. The highest BCUT2D eigenvalue weighted by atomic mass is 16.7. The van der Waals surface area contributed by atoms with Gasteiger partial charge >= 0.3 is 0 Å². The Bertz CT molecular complexity index is 594. The molecule has 1 aromatic carbocycles. The zero-order chi connectivity index (χ0) is 13.1. The molecule has 1 aliphatic heterocycles. The molecule has 0 fully saturated rings. The quantitative estimate of drug-likeness (QED) is 0.851. The molecular weight excluding hydrogens is 240 g/mol. The zero-order valence-corrected chi connectivity index (χ0v) is 10.4. The van der Waals surface area contributed by atoms with Crippen LogP contribution in [0.4, 0.5) is 5.82 Å². The average molecular weight is 254 g/mol. The fourth-order valence-electron chi connectivity index (χ4n) is 1.92. The van der Waals surface area contributed by atoms with Crippen LogP contribution in [0.1, 0.15) is 0 Å². The van der Waals surface area contributed by atoms with Crippen LogP contribution in [0.5, 0.6) is 11.5 Å². The molecule has 2 heterocycles. The Hall–Kier alpha value is -2.49. The van der Waals surface area contributed by atoms with Gasteiger partial charge in [0.2, 0.25) is 6.79 Å². The van der Waals surface area contributed by atoms with E-state index in [9.17, 15) is 0 Å². The van der Waals surface area contributed by atoms with E-state index in [1.54, 1.807) is 6.08 Å². The molecule has 0 unspecified atom stereocenters. The van der Waals surface area contributed by atoms with Crippen molar-refractivity contribution in [2.75, 3.05) is 18.7 Å². The minimum Gasteiger partial charge on any atom is -0.454 e. The van der Waals surface area contributed by atoms with E-state index in [-0.39, 0.29) is 0 Å². The largest absolute Gasteiger partial charge is 0.454 e. The third-order valence-electron chi connectivity index (χ3n) is 2.90. The molecule has 0 radical (unpaired) electrons. The molecule has 4 heteroatoms. The lowest BCUT2D eigenvalue weighted by Crippen LogP contribution is -1.99. The highest BCUT2D eigenvalue weighted by Crippen LogP contribution is 2.35. The number of nitrogens with one attached hydrogen (secondary N) is 1. The number of pyridine rings is 1. The maximum atomic E-state index is 5.37. The lowest BCUT2D eigenvalue weighted by atomic mass is 10.1. The minimum absolute atomic E-state index is 0.293. The first-order valence-electron chi connectivity index (χ1n) is 6.07. The molecule has 3 rings (SSSR count). The second-order valence-corrected chi connectivity index (χ2v) is 4.17. The molecule has 0 saturated heterocycles. The highest BCUT2D eigenvalue weighted by molar-refractivity contribution is 5.67. The lowest BCUT2D eigenvalue weighted by Gasteiger charge is -2.05. The van der Waals surface area contributed by atoms with Gasteiger partial charge in [-0.1, -0.05) is 12.1 Å². The number of nitrogens with zero attached hydrogens (tertiary/aromatic N) is 1. The fourth-order valence-corrected chi connectivity index (χ4v) is 1.92. The molecule has 0 spiro atoms. The first kappa shape index (κ1) is 11.6. The van der Waals surface area contributed by atoms with Crippen molar-refractivity contribution in [2.45, 2.75) is 0 Å². The normalized spacial score (nSPS) is 12.2. The van der Waals surface area contributed by atoms with Crippen LogP contribution in [0, 0.1) is 0 Å². The van der Waals surface area contributed by atoms with Gasteiger partial charge in [-0.3, -0.25) is 0 Å². The Balaban J connectivity index is 1.83. The van der Waals surface area contributed by atoms with Crippen LogP contribution in [0.25, 0.3) is 11.1 Å². The molecule has 4 nitrogen and oxygen atoms in total. The minimum atomic E-state index is 0.293. The van der Waals surface area contributed by atoms with Crippen molar-refractivity contribution in [3.8, 4) is 22.6 Å². The van der Waals surface area contributed by atoms with Crippen LogP contribution in [-0.4, -0.2) is 18.3 Å². The average Bonchev–Trinajstić information content (AvgIpc) is 2.93. The molecular formula is C15H14N2O2. The number of ether oxygens (including phenoxy) is 2. The Morgan fingerprint density at radius 3 is 2.79 bits per heavy atom. The van der Waals surface area contributed by atoms with Gasteiger partial charge in [0.1, 0.15) is 5.82 Å². The van der Waals surface area contributed by atoms with Gasteiger partial charge < -0.3 is 14.8 Å². The molecule has 0 bridgehead atoms. The summed E-state index contributed by atoms with van der Waals surface area (Å²) in [7, 11) is 0. The van der Waals surface area contributed by atoms with E-state index in [4.69, 9.17) is 9.47 Å². The van der Waals surface area contributed by atoms with Crippen molar-refractivity contribution in [2.24, 2.45) is 0 Å². The molecule has 1 N–H and O–H groups in total. The number of fused-ring (bicyclic) bond motifs is 1. The number of aromatic nitrogens is 1. The maximum Gasteiger partial charge on any atom is 0.231 e. The Kier molecular flexibility index (Phi) is 3.06. The van der Waals surface area contributed by atoms with Crippen molar-refractivity contribution in [1.82, 2.24) is 4.98 Å². The summed E-state index contributed by atoms with van der Waals surface area (Å²) in [6.45, 7) is 4.66. The number of hydrogen-bond donors (Lipinski definition) is 1. The lowest BCUT2D eigenvalue weighted by molar-refractivity contribution is 0.174. The van der Waals surface area contributed by atoms with Crippen molar-refractivity contribution in [3.63, 3.8) is 0 Å². The second kappa shape index (κ2) is 5.02. The van der Waals surface area contributed by atoms with Crippen LogP contribution >= 0.6 is 0 Å². The van der Waals surface area contributed by atoms with Crippen LogP contribution in [-0.2, 0) is 0 Å². The van der Waals surface area contributed by atoms with Crippen molar-refractivity contribution in [1.29, 1.82) is 0 Å². The zero-order valence-electron chi connectivity index (χ0n) is 10.4. The van der Waals surface area contributed by atoms with E-state index >= 15 is 0 Å². The smallest absolute Gasteiger partial charge is 0.231 e. The predicted molar refractivity (Wildman–Crippen MR) is 74.5 cm³/mol. The van der Waals surface area contributed by atoms with Crippen molar-refractivity contribution < 1.29 is 9.47 Å². The summed E-state index contributed by atoms with van der Waals surface area (Å²) < 4.78 is 10.7. The van der Waals surface area contributed by atoms with Crippen LogP contribution < -0.4 is 14.8 Å². The Morgan fingerprint density at radius 2 is 2.00 bits per heavy atom. The van der Waals surface area contributed by atoms with Gasteiger partial charge in [0.05, 0.1) is 0 Å². The summed E-state index contributed by atoms with van der Waals surface area (Å²) in [4.78, 5) is 4.36. The van der Waals surface area contributed by atoms with E-state index in [1.165, 1.54) is 0 Å². The monoisotopic (exact) mass is 254 g/mol. The summed E-state index contributed by atoms with van der Waals surface area (Å²) in [6, 6.07) is 9.86. The first-order valence-corrected chi connectivity index (χ1v) is 6.07. The maximum absolute atomic E-state index is 5.37. The molecule has 19 heavy (non-hydrogen) atoms. The molecule has 2 aromatic rings. The number of benzene rings is 1. The summed E-state index contributed by atoms with van der Waals surface area (Å²) >= 11 is 0. The third kappa shape index (κ3) is 2.38. The van der Waals surface area contributed by atoms with Crippen molar-refractivity contribution >= 4 is 5.82 Å². The van der Waals surface area contributed by atoms with E-state index in [0.717, 1.165) is 28.4 Å². The van der Waals surface area contributed by atoms with Crippen molar-refractivity contribution in [3.05, 3.63) is 49.2 Å². The van der Waals surface area contributed by atoms with Gasteiger partial charge in [-0.05, 0) is 29.8 Å². The summed E-state index contributed by atoms with van der Waals surface area (Å²) in [5.74, 6) is 2.41. The molecule has 0 aliphatic carbocycles. The predicted octanol–water partition coefficient (Wildman–Crippen LogP) is 3.08. The van der Waals surface area contributed by atoms with E-state index in [1.807, 2.05) is 36.5 Å². The third-order valence-corrected chi connectivity index (χ3v) is 2.90. The van der Waals surface area contributed by atoms with Gasteiger partial charge in [-0.15, -0.1) is 6.58 Å². The second-order valence-electron chi connectivity index (χ2n) is 4.17. The molecule has 0 atom stereocenters. The molecule has 0 amide bonds. The van der Waals surface area contributed by atoms with E-state index in [0.29, 0.717) is 13.3 Å². The number of anilines is 1. The van der Waals surface area contributed by atoms with Crippen LogP contribution in [0.2, 0.25) is 0 Å². The van der Waals surface area contributed by atoms with Gasteiger partial charge in [0.25, 0.3) is 0 Å².